The van der Waals surface area contributed by atoms with Crippen LogP contribution in [0, 0.1) is 0 Å². The number of hydrogen-bond acceptors (Lipinski definition) is 5. The zero-order valence-corrected chi connectivity index (χ0v) is 9.92. The second-order valence-electron chi connectivity index (χ2n) is 3.61. The lowest BCUT2D eigenvalue weighted by molar-refractivity contribution is -0.129. The van der Waals surface area contributed by atoms with Gasteiger partial charge < -0.3 is 15.4 Å². The molecular formula is C10H16N4O3. The molecule has 0 fully saturated rings. The summed E-state index contributed by atoms with van der Waals surface area (Å²) < 4.78 is 6.23. The number of rotatable bonds is 5. The van der Waals surface area contributed by atoms with Gasteiger partial charge in [0.25, 0.3) is 5.56 Å². The summed E-state index contributed by atoms with van der Waals surface area (Å²) in [4.78, 5) is 24.4. The van der Waals surface area contributed by atoms with Gasteiger partial charge in [-0.2, -0.15) is 5.10 Å². The molecule has 0 spiro atoms. The Hall–Kier alpha value is -1.89. The number of nitrogens with zero attached hydrogens (tertiary/aromatic N) is 3. The maximum atomic E-state index is 11.6. The zero-order valence-electron chi connectivity index (χ0n) is 9.92. The lowest BCUT2D eigenvalue weighted by Gasteiger charge is -2.11. The van der Waals surface area contributed by atoms with Crippen molar-refractivity contribution in [3.05, 3.63) is 22.6 Å². The lowest BCUT2D eigenvalue weighted by atomic mass is 10.5. The fourth-order valence-corrected chi connectivity index (χ4v) is 1.06. The van der Waals surface area contributed by atoms with E-state index in [1.165, 1.54) is 17.2 Å². The molecule has 0 atom stereocenters. The molecule has 1 amide bonds. The molecule has 0 unspecified atom stereocenters. The standard InChI is InChI=1S/C10H16N4O3/c1-13(2)10(16)7-14-9(15)5-8(6-12-14)17-4-3-11/h5-6H,3-4,7,11H2,1-2H3. The summed E-state index contributed by atoms with van der Waals surface area (Å²) in [6, 6.07) is 1.28. The molecule has 1 aromatic rings. The number of carbonyl (C=O) groups excluding carboxylic acids is 1. The highest BCUT2D eigenvalue weighted by Crippen LogP contribution is 2.02. The van der Waals surface area contributed by atoms with Crippen molar-refractivity contribution in [2.75, 3.05) is 27.2 Å². The van der Waals surface area contributed by atoms with Crippen LogP contribution < -0.4 is 16.0 Å². The molecule has 17 heavy (non-hydrogen) atoms. The molecule has 1 rings (SSSR count). The second-order valence-corrected chi connectivity index (χ2v) is 3.61. The van der Waals surface area contributed by atoms with E-state index in [-0.39, 0.29) is 18.0 Å². The molecule has 0 aliphatic carbocycles. The molecule has 94 valence electrons. The number of ether oxygens (including phenoxy) is 1. The first-order chi connectivity index (χ1) is 8.04. The van der Waals surface area contributed by atoms with Crippen molar-refractivity contribution in [3.8, 4) is 5.75 Å². The van der Waals surface area contributed by atoms with Crippen LogP contribution in [0.15, 0.2) is 17.1 Å². The van der Waals surface area contributed by atoms with Gasteiger partial charge in [0, 0.05) is 26.7 Å². The predicted octanol–water partition coefficient (Wildman–Crippen LogP) is -1.33. The molecule has 1 heterocycles. The largest absolute Gasteiger partial charge is 0.490 e. The van der Waals surface area contributed by atoms with E-state index < -0.39 is 0 Å². The molecule has 0 aliphatic heterocycles. The molecular weight excluding hydrogens is 224 g/mol. The first-order valence-corrected chi connectivity index (χ1v) is 5.14. The maximum Gasteiger partial charge on any atom is 0.270 e. The predicted molar refractivity (Wildman–Crippen MR) is 61.7 cm³/mol. The molecule has 0 aromatic carbocycles. The highest BCUT2D eigenvalue weighted by atomic mass is 16.5. The van der Waals surface area contributed by atoms with E-state index in [4.69, 9.17) is 10.5 Å². The van der Waals surface area contributed by atoms with Crippen LogP contribution >= 0.6 is 0 Å². The first-order valence-electron chi connectivity index (χ1n) is 5.14. The van der Waals surface area contributed by atoms with Gasteiger partial charge in [-0.25, -0.2) is 4.68 Å². The van der Waals surface area contributed by atoms with Crippen molar-refractivity contribution in [2.45, 2.75) is 6.54 Å². The van der Waals surface area contributed by atoms with Crippen molar-refractivity contribution in [2.24, 2.45) is 5.73 Å². The van der Waals surface area contributed by atoms with Crippen LogP contribution in [-0.2, 0) is 11.3 Å². The summed E-state index contributed by atoms with van der Waals surface area (Å²) in [7, 11) is 3.23. The van der Waals surface area contributed by atoms with Crippen LogP contribution in [0.2, 0.25) is 0 Å². The summed E-state index contributed by atoms with van der Waals surface area (Å²) in [6.07, 6.45) is 1.39. The molecule has 0 radical (unpaired) electrons. The second kappa shape index (κ2) is 6.00. The third kappa shape index (κ3) is 3.87. The van der Waals surface area contributed by atoms with E-state index >= 15 is 0 Å². The van der Waals surface area contributed by atoms with Gasteiger partial charge in [-0.1, -0.05) is 0 Å². The fourth-order valence-electron chi connectivity index (χ4n) is 1.06. The third-order valence-corrected chi connectivity index (χ3v) is 2.01. The van der Waals surface area contributed by atoms with Crippen molar-refractivity contribution < 1.29 is 9.53 Å². The van der Waals surface area contributed by atoms with Gasteiger partial charge in [0.05, 0.1) is 6.20 Å². The van der Waals surface area contributed by atoms with Crippen LogP contribution in [0.4, 0.5) is 0 Å². The Labute approximate surface area is 98.8 Å². The van der Waals surface area contributed by atoms with Crippen molar-refractivity contribution in [1.29, 1.82) is 0 Å². The van der Waals surface area contributed by atoms with E-state index in [0.717, 1.165) is 4.68 Å². The Morgan fingerprint density at radius 3 is 2.82 bits per heavy atom. The number of amides is 1. The zero-order chi connectivity index (χ0) is 12.8. The van der Waals surface area contributed by atoms with E-state index in [0.29, 0.717) is 18.9 Å². The van der Waals surface area contributed by atoms with Crippen molar-refractivity contribution in [3.63, 3.8) is 0 Å². The smallest absolute Gasteiger partial charge is 0.270 e. The van der Waals surface area contributed by atoms with Gasteiger partial charge in [0.15, 0.2) is 0 Å². The summed E-state index contributed by atoms with van der Waals surface area (Å²) in [6.45, 7) is 0.604. The van der Waals surface area contributed by atoms with E-state index in [9.17, 15) is 9.59 Å². The SMILES string of the molecule is CN(C)C(=O)Cn1ncc(OCCN)cc1=O. The van der Waals surface area contributed by atoms with Gasteiger partial charge in [-0.05, 0) is 0 Å². The molecule has 0 aliphatic rings. The summed E-state index contributed by atoms with van der Waals surface area (Å²) in [5, 5.41) is 3.84. The van der Waals surface area contributed by atoms with E-state index in [1.807, 2.05) is 0 Å². The highest BCUT2D eigenvalue weighted by molar-refractivity contribution is 5.75. The molecule has 0 saturated carbocycles. The van der Waals surface area contributed by atoms with Crippen LogP contribution in [0.5, 0.6) is 5.75 Å². The number of carbonyl (C=O) groups is 1. The van der Waals surface area contributed by atoms with Crippen LogP contribution in [0.3, 0.4) is 0 Å². The van der Waals surface area contributed by atoms with Gasteiger partial charge >= 0.3 is 0 Å². The van der Waals surface area contributed by atoms with Crippen molar-refractivity contribution >= 4 is 5.91 Å². The highest BCUT2D eigenvalue weighted by Gasteiger charge is 2.08. The minimum absolute atomic E-state index is 0.0804. The number of aromatic nitrogens is 2. The van der Waals surface area contributed by atoms with Crippen LogP contribution in [0.1, 0.15) is 0 Å². The third-order valence-electron chi connectivity index (χ3n) is 2.01. The van der Waals surface area contributed by atoms with Crippen LogP contribution in [0.25, 0.3) is 0 Å². The minimum Gasteiger partial charge on any atom is -0.490 e. The van der Waals surface area contributed by atoms with Gasteiger partial charge in [0.2, 0.25) is 5.91 Å². The summed E-state index contributed by atoms with van der Waals surface area (Å²) in [5.74, 6) is 0.157. The van der Waals surface area contributed by atoms with Gasteiger partial charge in [-0.15, -0.1) is 0 Å². The molecule has 7 heteroatoms. The number of nitrogens with two attached hydrogens (primary N) is 1. The van der Waals surface area contributed by atoms with Crippen molar-refractivity contribution in [1.82, 2.24) is 14.7 Å². The minimum atomic E-state index is -0.380. The Bertz CT molecular complexity index is 441. The fraction of sp³-hybridized carbons (Fsp3) is 0.500. The summed E-state index contributed by atoms with van der Waals surface area (Å²) >= 11 is 0. The van der Waals surface area contributed by atoms with E-state index in [1.54, 1.807) is 14.1 Å². The quantitative estimate of drug-likeness (QED) is 0.688. The maximum absolute atomic E-state index is 11.6. The number of likely N-dealkylation sites (N-methyl/N-ethyl adjacent to an activating group) is 1. The molecule has 2 N–H and O–H groups in total. The molecule has 1 aromatic heterocycles. The molecule has 7 nitrogen and oxygen atoms in total. The normalized spacial score (nSPS) is 10.1. The Morgan fingerprint density at radius 2 is 2.29 bits per heavy atom. The monoisotopic (exact) mass is 240 g/mol. The first kappa shape index (κ1) is 13.2. The average molecular weight is 240 g/mol. The average Bonchev–Trinajstić information content (AvgIpc) is 2.29. The lowest BCUT2D eigenvalue weighted by Crippen LogP contribution is -2.32. The Morgan fingerprint density at radius 1 is 1.59 bits per heavy atom. The molecule has 0 bridgehead atoms. The summed E-state index contributed by atoms with van der Waals surface area (Å²) in [5.41, 5.74) is 4.88. The topological polar surface area (TPSA) is 90.4 Å². The van der Waals surface area contributed by atoms with Gasteiger partial charge in [0.1, 0.15) is 18.9 Å². The Kier molecular flexibility index (Phi) is 4.65. The van der Waals surface area contributed by atoms with Crippen LogP contribution in [-0.4, -0.2) is 47.8 Å². The number of hydrogen-bond donors (Lipinski definition) is 1. The molecule has 0 saturated heterocycles. The Balaban J connectivity index is 2.76. The van der Waals surface area contributed by atoms with E-state index in [2.05, 4.69) is 5.10 Å². The van der Waals surface area contributed by atoms with Gasteiger partial charge in [-0.3, -0.25) is 9.59 Å².